The Morgan fingerprint density at radius 3 is 2.15 bits per heavy atom. The number of hydrogen-bond donors (Lipinski definition) is 2. The molecule has 4 rings (SSSR count). The molecule has 1 aliphatic carbocycles. The van der Waals surface area contributed by atoms with E-state index in [-0.39, 0.29) is 23.0 Å². The van der Waals surface area contributed by atoms with Crippen molar-refractivity contribution in [2.24, 2.45) is 0 Å². The summed E-state index contributed by atoms with van der Waals surface area (Å²) < 4.78 is 0. The number of carbonyl (C=O) groups is 2. The van der Waals surface area contributed by atoms with E-state index in [1.54, 1.807) is 24.3 Å². The lowest BCUT2D eigenvalue weighted by molar-refractivity contribution is 0.0697. The number of carbonyl (C=O) groups excluding carboxylic acids is 2. The van der Waals surface area contributed by atoms with Crippen molar-refractivity contribution in [3.63, 3.8) is 0 Å². The summed E-state index contributed by atoms with van der Waals surface area (Å²) in [6.07, 6.45) is 5.62. The van der Waals surface area contributed by atoms with E-state index in [0.717, 1.165) is 36.8 Å². The molecule has 1 saturated carbocycles. The smallest absolute Gasteiger partial charge is 0.257 e. The molecule has 3 aromatic rings. The van der Waals surface area contributed by atoms with Crippen molar-refractivity contribution in [2.75, 3.05) is 12.4 Å². The lowest BCUT2D eigenvalue weighted by Crippen LogP contribution is -2.39. The van der Waals surface area contributed by atoms with Crippen molar-refractivity contribution in [3.05, 3.63) is 90.0 Å². The highest BCUT2D eigenvalue weighted by atomic mass is 32.1. The molecule has 0 radical (unpaired) electrons. The quantitative estimate of drug-likeness (QED) is 0.456. The minimum Gasteiger partial charge on any atom is -0.339 e. The van der Waals surface area contributed by atoms with Crippen LogP contribution in [-0.4, -0.2) is 34.9 Å². The van der Waals surface area contributed by atoms with Gasteiger partial charge in [-0.05, 0) is 60.5 Å². The number of thiocarbonyl (C=S) groups is 1. The van der Waals surface area contributed by atoms with Gasteiger partial charge in [0.1, 0.15) is 0 Å². The summed E-state index contributed by atoms with van der Waals surface area (Å²) in [5.74, 6) is -0.346. The SMILES string of the molecule is CN(C(=O)c1ccccc1NC(=S)NC(=O)c1ccc(-c2ccccc2)cc1)C1CCCCC1. The first-order valence-corrected chi connectivity index (χ1v) is 12.1. The molecular weight excluding hydrogens is 442 g/mol. The number of nitrogens with one attached hydrogen (secondary N) is 2. The summed E-state index contributed by atoms with van der Waals surface area (Å²) in [5.41, 5.74) is 3.75. The third kappa shape index (κ3) is 5.69. The molecule has 5 nitrogen and oxygen atoms in total. The van der Waals surface area contributed by atoms with Crippen molar-refractivity contribution in [1.29, 1.82) is 0 Å². The van der Waals surface area contributed by atoms with Crippen LogP contribution in [0.4, 0.5) is 5.69 Å². The Labute approximate surface area is 206 Å². The number of nitrogens with zero attached hydrogens (tertiary/aromatic N) is 1. The van der Waals surface area contributed by atoms with Gasteiger partial charge in [-0.25, -0.2) is 0 Å². The van der Waals surface area contributed by atoms with Gasteiger partial charge in [0.15, 0.2) is 5.11 Å². The van der Waals surface area contributed by atoms with Gasteiger partial charge in [-0.15, -0.1) is 0 Å². The van der Waals surface area contributed by atoms with Crippen LogP contribution >= 0.6 is 12.2 Å². The highest BCUT2D eigenvalue weighted by Gasteiger charge is 2.24. The summed E-state index contributed by atoms with van der Waals surface area (Å²) >= 11 is 5.38. The molecule has 0 aromatic heterocycles. The maximum Gasteiger partial charge on any atom is 0.257 e. The standard InChI is InChI=1S/C28H29N3O2S/c1-31(23-12-6-3-7-13-23)27(33)24-14-8-9-15-25(24)29-28(34)30-26(32)22-18-16-21(17-19-22)20-10-4-2-5-11-20/h2,4-5,8-11,14-19,23H,3,6-7,12-13H2,1H3,(H2,29,30,32,34). The van der Waals surface area contributed by atoms with E-state index >= 15 is 0 Å². The monoisotopic (exact) mass is 471 g/mol. The van der Waals surface area contributed by atoms with Crippen molar-refractivity contribution in [3.8, 4) is 11.1 Å². The Morgan fingerprint density at radius 2 is 1.44 bits per heavy atom. The first-order chi connectivity index (χ1) is 16.5. The third-order valence-corrected chi connectivity index (χ3v) is 6.53. The van der Waals surface area contributed by atoms with Gasteiger partial charge in [-0.2, -0.15) is 0 Å². The largest absolute Gasteiger partial charge is 0.339 e. The molecule has 0 saturated heterocycles. The number of amides is 2. The predicted molar refractivity (Wildman–Crippen MR) is 141 cm³/mol. The van der Waals surface area contributed by atoms with E-state index in [2.05, 4.69) is 10.6 Å². The summed E-state index contributed by atoms with van der Waals surface area (Å²) in [6, 6.07) is 24.9. The Bertz CT molecular complexity index is 1160. The predicted octanol–water partition coefficient (Wildman–Crippen LogP) is 5.89. The molecule has 0 aliphatic heterocycles. The third-order valence-electron chi connectivity index (χ3n) is 6.33. The molecule has 1 aliphatic rings. The average molecular weight is 472 g/mol. The van der Waals surface area contributed by atoms with Crippen LogP contribution in [-0.2, 0) is 0 Å². The summed E-state index contributed by atoms with van der Waals surface area (Å²) in [6.45, 7) is 0. The topological polar surface area (TPSA) is 61.4 Å². The highest BCUT2D eigenvalue weighted by Crippen LogP contribution is 2.25. The van der Waals surface area contributed by atoms with Crippen LogP contribution in [0.5, 0.6) is 0 Å². The molecular formula is C28H29N3O2S. The fourth-order valence-corrected chi connectivity index (χ4v) is 4.58. The Balaban J connectivity index is 1.40. The van der Waals surface area contributed by atoms with Crippen LogP contribution in [0.1, 0.15) is 52.8 Å². The van der Waals surface area contributed by atoms with E-state index in [1.807, 2.05) is 66.5 Å². The zero-order valence-electron chi connectivity index (χ0n) is 19.3. The Hall–Kier alpha value is -3.51. The second-order valence-electron chi connectivity index (χ2n) is 8.61. The Morgan fingerprint density at radius 1 is 0.824 bits per heavy atom. The average Bonchev–Trinajstić information content (AvgIpc) is 2.89. The van der Waals surface area contributed by atoms with Gasteiger partial charge in [0.2, 0.25) is 0 Å². The van der Waals surface area contributed by atoms with Crippen molar-refractivity contribution < 1.29 is 9.59 Å². The van der Waals surface area contributed by atoms with Gasteiger partial charge in [0, 0.05) is 18.7 Å². The van der Waals surface area contributed by atoms with Crippen molar-refractivity contribution in [1.82, 2.24) is 10.2 Å². The van der Waals surface area contributed by atoms with Crippen LogP contribution in [0.15, 0.2) is 78.9 Å². The first kappa shape index (κ1) is 23.6. The van der Waals surface area contributed by atoms with E-state index < -0.39 is 0 Å². The number of hydrogen-bond acceptors (Lipinski definition) is 3. The number of para-hydroxylation sites is 1. The molecule has 0 atom stereocenters. The molecule has 174 valence electrons. The zero-order chi connectivity index (χ0) is 23.9. The normalized spacial score (nSPS) is 13.7. The van der Waals surface area contributed by atoms with Crippen molar-refractivity contribution in [2.45, 2.75) is 38.1 Å². The van der Waals surface area contributed by atoms with Crippen LogP contribution in [0, 0.1) is 0 Å². The minimum absolute atomic E-state index is 0.0411. The molecule has 0 bridgehead atoms. The lowest BCUT2D eigenvalue weighted by Gasteiger charge is -2.31. The van der Waals surface area contributed by atoms with Gasteiger partial charge in [-0.1, -0.05) is 73.9 Å². The highest BCUT2D eigenvalue weighted by molar-refractivity contribution is 7.80. The number of anilines is 1. The molecule has 0 unspecified atom stereocenters. The second kappa shape index (κ2) is 11.1. The van der Waals surface area contributed by atoms with E-state index in [9.17, 15) is 9.59 Å². The molecule has 6 heteroatoms. The van der Waals surface area contributed by atoms with Crippen LogP contribution in [0.25, 0.3) is 11.1 Å². The second-order valence-corrected chi connectivity index (χ2v) is 9.01. The van der Waals surface area contributed by atoms with Gasteiger partial charge in [-0.3, -0.25) is 14.9 Å². The van der Waals surface area contributed by atoms with E-state index in [4.69, 9.17) is 12.2 Å². The minimum atomic E-state index is -0.305. The maximum absolute atomic E-state index is 13.2. The fraction of sp³-hybridized carbons (Fsp3) is 0.250. The molecule has 34 heavy (non-hydrogen) atoms. The van der Waals surface area contributed by atoms with Gasteiger partial charge < -0.3 is 10.2 Å². The number of rotatable bonds is 5. The molecule has 2 amide bonds. The van der Waals surface area contributed by atoms with Gasteiger partial charge in [0.05, 0.1) is 11.3 Å². The van der Waals surface area contributed by atoms with Crippen LogP contribution in [0.2, 0.25) is 0 Å². The fourth-order valence-electron chi connectivity index (χ4n) is 4.38. The molecule has 2 N–H and O–H groups in total. The molecule has 1 fully saturated rings. The van der Waals surface area contributed by atoms with Crippen LogP contribution < -0.4 is 10.6 Å². The summed E-state index contributed by atoms with van der Waals surface area (Å²) in [5, 5.41) is 5.91. The van der Waals surface area contributed by atoms with Crippen LogP contribution in [0.3, 0.4) is 0 Å². The first-order valence-electron chi connectivity index (χ1n) is 11.7. The number of benzene rings is 3. The van der Waals surface area contributed by atoms with Gasteiger partial charge >= 0.3 is 0 Å². The maximum atomic E-state index is 13.2. The molecule has 0 heterocycles. The summed E-state index contributed by atoms with van der Waals surface area (Å²) in [7, 11) is 1.87. The van der Waals surface area contributed by atoms with Gasteiger partial charge in [0.25, 0.3) is 11.8 Å². The van der Waals surface area contributed by atoms with E-state index in [0.29, 0.717) is 16.8 Å². The molecule has 0 spiro atoms. The summed E-state index contributed by atoms with van der Waals surface area (Å²) in [4.78, 5) is 27.7. The Kier molecular flexibility index (Phi) is 7.70. The van der Waals surface area contributed by atoms with Crippen molar-refractivity contribution >= 4 is 34.8 Å². The lowest BCUT2D eigenvalue weighted by atomic mass is 9.94. The molecule has 3 aromatic carbocycles. The van der Waals surface area contributed by atoms with E-state index in [1.165, 1.54) is 6.42 Å². The zero-order valence-corrected chi connectivity index (χ0v) is 20.1.